The number of tetrazole rings is 1. The molecule has 1 aliphatic heterocycles. The van der Waals surface area contributed by atoms with Crippen LogP contribution in [0.2, 0.25) is 0 Å². The SMILES string of the molecule is O=C(c1cccc(-n2cnnn2)c1)N1CCC(c2ccc(O)cc2)CC1. The van der Waals surface area contributed by atoms with Gasteiger partial charge in [0.1, 0.15) is 12.1 Å². The number of carbonyl (C=O) groups excluding carboxylic acids is 1. The molecule has 0 aliphatic carbocycles. The maximum absolute atomic E-state index is 12.8. The lowest BCUT2D eigenvalue weighted by molar-refractivity contribution is 0.0713. The average Bonchev–Trinajstić information content (AvgIpc) is 3.23. The van der Waals surface area contributed by atoms with Crippen LogP contribution in [0.25, 0.3) is 5.69 Å². The van der Waals surface area contributed by atoms with E-state index in [-0.39, 0.29) is 11.7 Å². The molecule has 0 spiro atoms. The Labute approximate surface area is 150 Å². The van der Waals surface area contributed by atoms with Crippen molar-refractivity contribution in [1.29, 1.82) is 0 Å². The third-order valence-corrected chi connectivity index (χ3v) is 4.85. The first kappa shape index (κ1) is 16.3. The molecule has 1 amide bonds. The van der Waals surface area contributed by atoms with Gasteiger partial charge in [-0.15, -0.1) is 5.10 Å². The van der Waals surface area contributed by atoms with Crippen molar-refractivity contribution in [2.45, 2.75) is 18.8 Å². The van der Waals surface area contributed by atoms with Crippen LogP contribution in [0.4, 0.5) is 0 Å². The fraction of sp³-hybridized carbons (Fsp3) is 0.263. The van der Waals surface area contributed by atoms with Crippen molar-refractivity contribution in [3.8, 4) is 11.4 Å². The van der Waals surface area contributed by atoms with Gasteiger partial charge in [0.05, 0.1) is 5.69 Å². The predicted octanol–water partition coefficient (Wildman–Crippen LogP) is 2.39. The number of phenols is 1. The number of hydrogen-bond acceptors (Lipinski definition) is 5. The van der Waals surface area contributed by atoms with E-state index < -0.39 is 0 Å². The molecule has 0 bridgehead atoms. The highest BCUT2D eigenvalue weighted by molar-refractivity contribution is 5.94. The third-order valence-electron chi connectivity index (χ3n) is 4.85. The summed E-state index contributed by atoms with van der Waals surface area (Å²) < 4.78 is 1.54. The van der Waals surface area contributed by atoms with Crippen molar-refractivity contribution in [3.63, 3.8) is 0 Å². The molecule has 132 valence electrons. The van der Waals surface area contributed by atoms with E-state index in [0.717, 1.165) is 31.6 Å². The number of benzene rings is 2. The van der Waals surface area contributed by atoms with Gasteiger partial charge in [0.25, 0.3) is 5.91 Å². The van der Waals surface area contributed by atoms with Crippen molar-refractivity contribution in [1.82, 2.24) is 25.1 Å². The van der Waals surface area contributed by atoms with E-state index in [1.807, 2.05) is 41.3 Å². The number of likely N-dealkylation sites (tertiary alicyclic amines) is 1. The molecule has 7 heteroatoms. The Balaban J connectivity index is 1.44. The second kappa shape index (κ2) is 6.95. The molecule has 1 saturated heterocycles. The van der Waals surface area contributed by atoms with Crippen LogP contribution in [0.15, 0.2) is 54.9 Å². The molecule has 7 nitrogen and oxygen atoms in total. The lowest BCUT2D eigenvalue weighted by Gasteiger charge is -2.32. The van der Waals surface area contributed by atoms with E-state index in [9.17, 15) is 9.90 Å². The molecular formula is C19H19N5O2. The summed E-state index contributed by atoms with van der Waals surface area (Å²) in [5, 5.41) is 20.5. The Morgan fingerprint density at radius 3 is 2.54 bits per heavy atom. The van der Waals surface area contributed by atoms with Crippen molar-refractivity contribution in [2.75, 3.05) is 13.1 Å². The van der Waals surface area contributed by atoms with E-state index in [1.54, 1.807) is 12.1 Å². The molecule has 0 unspecified atom stereocenters. The Bertz CT molecular complexity index is 885. The summed E-state index contributed by atoms with van der Waals surface area (Å²) in [5.74, 6) is 0.736. The van der Waals surface area contributed by atoms with Gasteiger partial charge in [-0.2, -0.15) is 0 Å². The number of hydrogen-bond donors (Lipinski definition) is 1. The molecule has 1 fully saturated rings. The zero-order valence-electron chi connectivity index (χ0n) is 14.2. The lowest BCUT2D eigenvalue weighted by Crippen LogP contribution is -2.37. The van der Waals surface area contributed by atoms with Gasteiger partial charge in [0.15, 0.2) is 0 Å². The smallest absolute Gasteiger partial charge is 0.253 e. The van der Waals surface area contributed by atoms with Crippen molar-refractivity contribution >= 4 is 5.91 Å². The molecule has 2 aromatic carbocycles. The summed E-state index contributed by atoms with van der Waals surface area (Å²) in [5.41, 5.74) is 2.62. The Kier molecular flexibility index (Phi) is 4.35. The third kappa shape index (κ3) is 3.28. The summed E-state index contributed by atoms with van der Waals surface area (Å²) in [7, 11) is 0. The van der Waals surface area contributed by atoms with Crippen molar-refractivity contribution in [2.24, 2.45) is 0 Å². The fourth-order valence-electron chi connectivity index (χ4n) is 3.41. The number of carbonyl (C=O) groups is 1. The quantitative estimate of drug-likeness (QED) is 0.785. The van der Waals surface area contributed by atoms with Crippen LogP contribution in [-0.4, -0.2) is 49.2 Å². The van der Waals surface area contributed by atoms with E-state index in [2.05, 4.69) is 15.5 Å². The molecular weight excluding hydrogens is 330 g/mol. The molecule has 1 aliphatic rings. The first-order valence-electron chi connectivity index (χ1n) is 8.62. The second-order valence-corrected chi connectivity index (χ2v) is 6.46. The first-order valence-corrected chi connectivity index (χ1v) is 8.62. The van der Waals surface area contributed by atoms with E-state index in [0.29, 0.717) is 11.5 Å². The molecule has 0 saturated carbocycles. The van der Waals surface area contributed by atoms with Crippen LogP contribution in [0.5, 0.6) is 5.75 Å². The van der Waals surface area contributed by atoms with Crippen LogP contribution >= 0.6 is 0 Å². The van der Waals surface area contributed by atoms with Gasteiger partial charge in [-0.05, 0) is 65.1 Å². The van der Waals surface area contributed by atoms with Crippen LogP contribution in [-0.2, 0) is 0 Å². The zero-order valence-corrected chi connectivity index (χ0v) is 14.2. The van der Waals surface area contributed by atoms with Crippen molar-refractivity contribution in [3.05, 3.63) is 66.0 Å². The van der Waals surface area contributed by atoms with Crippen LogP contribution in [0, 0.1) is 0 Å². The number of aromatic hydroxyl groups is 1. The normalized spacial score (nSPS) is 15.2. The highest BCUT2D eigenvalue weighted by Crippen LogP contribution is 2.29. The largest absolute Gasteiger partial charge is 0.508 e. The topological polar surface area (TPSA) is 84.1 Å². The lowest BCUT2D eigenvalue weighted by atomic mass is 9.89. The monoisotopic (exact) mass is 349 g/mol. The summed E-state index contributed by atoms with van der Waals surface area (Å²) in [4.78, 5) is 14.7. The minimum Gasteiger partial charge on any atom is -0.508 e. The maximum atomic E-state index is 12.8. The number of piperidine rings is 1. The summed E-state index contributed by atoms with van der Waals surface area (Å²) in [6, 6.07) is 14.7. The number of phenolic OH excluding ortho intramolecular Hbond substituents is 1. The van der Waals surface area contributed by atoms with Crippen LogP contribution in [0.1, 0.15) is 34.7 Å². The van der Waals surface area contributed by atoms with Gasteiger partial charge in [0, 0.05) is 18.7 Å². The fourth-order valence-corrected chi connectivity index (χ4v) is 3.41. The molecule has 1 aromatic heterocycles. The summed E-state index contributed by atoms with van der Waals surface area (Å²) in [6.45, 7) is 1.44. The molecule has 1 N–H and O–H groups in total. The molecule has 0 atom stereocenters. The second-order valence-electron chi connectivity index (χ2n) is 6.46. The number of aromatic nitrogens is 4. The average molecular weight is 349 g/mol. The van der Waals surface area contributed by atoms with Gasteiger partial charge < -0.3 is 10.0 Å². The minimum absolute atomic E-state index is 0.0316. The van der Waals surface area contributed by atoms with Gasteiger partial charge in [0.2, 0.25) is 0 Å². The Hall–Kier alpha value is -3.22. The molecule has 3 aromatic rings. The minimum atomic E-state index is 0.0316. The molecule has 0 radical (unpaired) electrons. The molecule has 26 heavy (non-hydrogen) atoms. The van der Waals surface area contributed by atoms with Crippen molar-refractivity contribution < 1.29 is 9.90 Å². The zero-order chi connectivity index (χ0) is 17.9. The Morgan fingerprint density at radius 1 is 1.08 bits per heavy atom. The number of nitrogens with zero attached hydrogens (tertiary/aromatic N) is 5. The standard InChI is InChI=1S/C19H19N5O2/c25-18-6-4-14(5-7-18)15-8-10-23(11-9-15)19(26)16-2-1-3-17(12-16)24-13-20-21-22-24/h1-7,12-13,15,25H,8-11H2. The molecule has 2 heterocycles. The molecule has 4 rings (SSSR count). The van der Waals surface area contributed by atoms with E-state index >= 15 is 0 Å². The highest BCUT2D eigenvalue weighted by atomic mass is 16.3. The van der Waals surface area contributed by atoms with E-state index in [1.165, 1.54) is 16.6 Å². The van der Waals surface area contributed by atoms with Crippen LogP contribution < -0.4 is 0 Å². The van der Waals surface area contributed by atoms with Crippen LogP contribution in [0.3, 0.4) is 0 Å². The predicted molar refractivity (Wildman–Crippen MR) is 95.1 cm³/mol. The van der Waals surface area contributed by atoms with Gasteiger partial charge in [-0.1, -0.05) is 18.2 Å². The Morgan fingerprint density at radius 2 is 1.85 bits per heavy atom. The number of amides is 1. The first-order chi connectivity index (χ1) is 12.7. The maximum Gasteiger partial charge on any atom is 0.253 e. The highest BCUT2D eigenvalue weighted by Gasteiger charge is 2.24. The summed E-state index contributed by atoms with van der Waals surface area (Å²) >= 11 is 0. The van der Waals surface area contributed by atoms with Gasteiger partial charge in [-0.3, -0.25) is 4.79 Å². The van der Waals surface area contributed by atoms with Gasteiger partial charge in [-0.25, -0.2) is 4.68 Å². The number of rotatable bonds is 3. The van der Waals surface area contributed by atoms with E-state index in [4.69, 9.17) is 0 Å². The summed E-state index contributed by atoms with van der Waals surface area (Å²) in [6.07, 6.45) is 3.35. The van der Waals surface area contributed by atoms with Gasteiger partial charge >= 0.3 is 0 Å².